The van der Waals surface area contributed by atoms with Crippen molar-refractivity contribution < 1.29 is 28.7 Å². The van der Waals surface area contributed by atoms with E-state index in [9.17, 15) is 19.2 Å². The van der Waals surface area contributed by atoms with Crippen molar-refractivity contribution in [2.24, 2.45) is 0 Å². The second-order valence-electron chi connectivity index (χ2n) is 7.35. The van der Waals surface area contributed by atoms with E-state index in [-0.39, 0.29) is 12.0 Å². The molecule has 1 aliphatic heterocycles. The summed E-state index contributed by atoms with van der Waals surface area (Å²) in [6.45, 7) is 3.48. The van der Waals surface area contributed by atoms with Crippen LogP contribution < -0.4 is 19.8 Å². The summed E-state index contributed by atoms with van der Waals surface area (Å²) in [4.78, 5) is 52.6. The monoisotopic (exact) mass is 451 g/mol. The topological polar surface area (TPSA) is 105 Å². The standard InChI is InChI=1S/C24H25N3O6/c1-5-7-21(28)27(25-23(30)16-10-11-19(32-3)20(13-16)33-4)18-14-22(29)26(24(18)31)17-9-6-8-15(2)12-17/h5-13,18H,14H2,1-4H3,(H,25,30). The first-order chi connectivity index (χ1) is 15.8. The molecule has 1 unspecified atom stereocenters. The van der Waals surface area contributed by atoms with Crippen LogP contribution in [0.5, 0.6) is 11.5 Å². The van der Waals surface area contributed by atoms with Crippen LogP contribution in [0.2, 0.25) is 0 Å². The van der Waals surface area contributed by atoms with Crippen LogP contribution in [0.3, 0.4) is 0 Å². The number of rotatable bonds is 6. The average Bonchev–Trinajstić information content (AvgIpc) is 3.10. The van der Waals surface area contributed by atoms with Gasteiger partial charge in [0.2, 0.25) is 5.91 Å². The third-order valence-corrected chi connectivity index (χ3v) is 5.11. The fraction of sp³-hybridized carbons (Fsp3) is 0.250. The molecular formula is C24H25N3O6. The van der Waals surface area contributed by atoms with Gasteiger partial charge in [0.25, 0.3) is 17.7 Å². The maximum Gasteiger partial charge on any atom is 0.270 e. The first kappa shape index (κ1) is 23.5. The number of amides is 4. The van der Waals surface area contributed by atoms with E-state index in [1.165, 1.54) is 38.5 Å². The molecule has 0 bridgehead atoms. The van der Waals surface area contributed by atoms with Crippen molar-refractivity contribution in [1.82, 2.24) is 10.4 Å². The predicted molar refractivity (Wildman–Crippen MR) is 121 cm³/mol. The van der Waals surface area contributed by atoms with Crippen LogP contribution >= 0.6 is 0 Å². The lowest BCUT2D eigenvalue weighted by atomic mass is 10.2. The highest BCUT2D eigenvalue weighted by Gasteiger charge is 2.45. The molecule has 0 aromatic heterocycles. The zero-order chi connectivity index (χ0) is 24.1. The third-order valence-electron chi connectivity index (χ3n) is 5.11. The van der Waals surface area contributed by atoms with E-state index in [0.717, 1.165) is 15.5 Å². The maximum atomic E-state index is 13.2. The highest BCUT2D eigenvalue weighted by Crippen LogP contribution is 2.28. The summed E-state index contributed by atoms with van der Waals surface area (Å²) in [5, 5.41) is 0.898. The van der Waals surface area contributed by atoms with Crippen molar-refractivity contribution in [3.8, 4) is 11.5 Å². The van der Waals surface area contributed by atoms with E-state index in [2.05, 4.69) is 5.43 Å². The first-order valence-corrected chi connectivity index (χ1v) is 10.2. The molecule has 2 aromatic carbocycles. The summed E-state index contributed by atoms with van der Waals surface area (Å²) in [7, 11) is 2.90. The predicted octanol–water partition coefficient (Wildman–Crippen LogP) is 2.39. The summed E-state index contributed by atoms with van der Waals surface area (Å²) in [5.74, 6) is -1.59. The van der Waals surface area contributed by atoms with Crippen molar-refractivity contribution in [1.29, 1.82) is 0 Å². The molecule has 1 aliphatic rings. The van der Waals surface area contributed by atoms with Gasteiger partial charge in [-0.1, -0.05) is 18.2 Å². The molecule has 1 fully saturated rings. The molecule has 1 atom stereocenters. The molecule has 1 saturated heterocycles. The third kappa shape index (κ3) is 4.87. The number of aryl methyl sites for hydroxylation is 1. The van der Waals surface area contributed by atoms with Crippen LogP contribution in [0.1, 0.15) is 29.3 Å². The largest absolute Gasteiger partial charge is 0.493 e. The van der Waals surface area contributed by atoms with Crippen molar-refractivity contribution >= 4 is 29.3 Å². The highest BCUT2D eigenvalue weighted by molar-refractivity contribution is 6.23. The highest BCUT2D eigenvalue weighted by atomic mass is 16.5. The van der Waals surface area contributed by atoms with E-state index in [1.54, 1.807) is 31.2 Å². The van der Waals surface area contributed by atoms with Gasteiger partial charge in [-0.25, -0.2) is 9.91 Å². The number of hydrazine groups is 1. The van der Waals surface area contributed by atoms with E-state index in [0.29, 0.717) is 17.2 Å². The van der Waals surface area contributed by atoms with Gasteiger partial charge >= 0.3 is 0 Å². The number of methoxy groups -OCH3 is 2. The van der Waals surface area contributed by atoms with Crippen LogP contribution in [0.15, 0.2) is 54.6 Å². The number of imide groups is 1. The number of benzene rings is 2. The molecule has 1 heterocycles. The molecular weight excluding hydrogens is 426 g/mol. The Balaban J connectivity index is 1.90. The van der Waals surface area contributed by atoms with E-state index >= 15 is 0 Å². The van der Waals surface area contributed by atoms with Crippen LogP contribution in [0.25, 0.3) is 0 Å². The van der Waals surface area contributed by atoms with Gasteiger partial charge in [0, 0.05) is 11.6 Å². The molecule has 1 N–H and O–H groups in total. The molecule has 9 heteroatoms. The molecule has 172 valence electrons. The number of hydrogen-bond donors (Lipinski definition) is 1. The van der Waals surface area contributed by atoms with Gasteiger partial charge in [0.05, 0.1) is 26.3 Å². The number of carbonyl (C=O) groups is 4. The van der Waals surface area contributed by atoms with Crippen LogP contribution in [-0.2, 0) is 14.4 Å². The van der Waals surface area contributed by atoms with Gasteiger partial charge in [-0.15, -0.1) is 0 Å². The second kappa shape index (κ2) is 9.99. The second-order valence-corrected chi connectivity index (χ2v) is 7.35. The van der Waals surface area contributed by atoms with E-state index in [4.69, 9.17) is 9.47 Å². The van der Waals surface area contributed by atoms with Crippen molar-refractivity contribution in [2.75, 3.05) is 19.1 Å². The van der Waals surface area contributed by atoms with Crippen molar-refractivity contribution in [3.63, 3.8) is 0 Å². The van der Waals surface area contributed by atoms with Crippen LogP contribution in [-0.4, -0.2) is 48.9 Å². The molecule has 0 saturated carbocycles. The van der Waals surface area contributed by atoms with Gasteiger partial charge in [-0.2, -0.15) is 0 Å². The molecule has 9 nitrogen and oxygen atoms in total. The summed E-state index contributed by atoms with van der Waals surface area (Å²) >= 11 is 0. The summed E-state index contributed by atoms with van der Waals surface area (Å²) in [6.07, 6.45) is 2.43. The Bertz CT molecular complexity index is 1130. The normalized spacial score (nSPS) is 15.6. The number of nitrogens with one attached hydrogen (secondary N) is 1. The Kier molecular flexibility index (Phi) is 7.12. The molecule has 33 heavy (non-hydrogen) atoms. The molecule has 4 amide bonds. The Labute approximate surface area is 191 Å². The first-order valence-electron chi connectivity index (χ1n) is 10.2. The SMILES string of the molecule is CC=CC(=O)N(NC(=O)c1ccc(OC)c(OC)c1)C1CC(=O)N(c2cccc(C)c2)C1=O. The molecule has 0 spiro atoms. The van der Waals surface area contributed by atoms with E-state index in [1.807, 2.05) is 13.0 Å². The number of ether oxygens (including phenoxy) is 2. The minimum atomic E-state index is -1.19. The Morgan fingerprint density at radius 3 is 2.45 bits per heavy atom. The number of allylic oxidation sites excluding steroid dienone is 1. The van der Waals surface area contributed by atoms with Gasteiger partial charge in [0.1, 0.15) is 6.04 Å². The fourth-order valence-electron chi connectivity index (χ4n) is 3.52. The molecule has 3 rings (SSSR count). The Hall–Kier alpha value is -4.14. The average molecular weight is 451 g/mol. The molecule has 2 aromatic rings. The maximum absolute atomic E-state index is 13.2. The lowest BCUT2D eigenvalue weighted by molar-refractivity contribution is -0.137. The fourth-order valence-corrected chi connectivity index (χ4v) is 3.52. The summed E-state index contributed by atoms with van der Waals surface area (Å²) in [5.41, 5.74) is 3.95. The van der Waals surface area contributed by atoms with Gasteiger partial charge in [-0.05, 0) is 49.7 Å². The number of hydrogen-bond acceptors (Lipinski definition) is 6. The molecule has 0 aliphatic carbocycles. The van der Waals surface area contributed by atoms with E-state index < -0.39 is 29.7 Å². The van der Waals surface area contributed by atoms with Gasteiger partial charge < -0.3 is 9.47 Å². The minimum Gasteiger partial charge on any atom is -0.493 e. The Morgan fingerprint density at radius 2 is 1.82 bits per heavy atom. The number of nitrogens with zero attached hydrogens (tertiary/aromatic N) is 2. The lowest BCUT2D eigenvalue weighted by Gasteiger charge is -2.27. The van der Waals surface area contributed by atoms with Crippen LogP contribution in [0, 0.1) is 6.92 Å². The lowest BCUT2D eigenvalue weighted by Crippen LogP contribution is -2.54. The quantitative estimate of drug-likeness (QED) is 0.411. The summed E-state index contributed by atoms with van der Waals surface area (Å²) in [6, 6.07) is 10.2. The van der Waals surface area contributed by atoms with Crippen molar-refractivity contribution in [2.45, 2.75) is 26.3 Å². The Morgan fingerprint density at radius 1 is 1.09 bits per heavy atom. The number of anilines is 1. The smallest absolute Gasteiger partial charge is 0.270 e. The zero-order valence-corrected chi connectivity index (χ0v) is 18.8. The summed E-state index contributed by atoms with van der Waals surface area (Å²) < 4.78 is 10.4. The minimum absolute atomic E-state index is 0.179. The number of carbonyl (C=O) groups excluding carboxylic acids is 4. The van der Waals surface area contributed by atoms with Crippen molar-refractivity contribution in [3.05, 3.63) is 65.7 Å². The van der Waals surface area contributed by atoms with Gasteiger partial charge in [0.15, 0.2) is 11.5 Å². The molecule has 0 radical (unpaired) electrons. The zero-order valence-electron chi connectivity index (χ0n) is 18.8. The van der Waals surface area contributed by atoms with Gasteiger partial charge in [-0.3, -0.25) is 24.6 Å². The van der Waals surface area contributed by atoms with Crippen LogP contribution in [0.4, 0.5) is 5.69 Å².